The van der Waals surface area contributed by atoms with Gasteiger partial charge >= 0.3 is 0 Å². The van der Waals surface area contributed by atoms with Gasteiger partial charge < -0.3 is 4.90 Å². The van der Waals surface area contributed by atoms with Crippen molar-refractivity contribution < 1.29 is 0 Å². The van der Waals surface area contributed by atoms with Crippen LogP contribution in [0.3, 0.4) is 0 Å². The van der Waals surface area contributed by atoms with Gasteiger partial charge in [-0.05, 0) is 24.3 Å². The van der Waals surface area contributed by atoms with Gasteiger partial charge in [0.1, 0.15) is 5.52 Å². The summed E-state index contributed by atoms with van der Waals surface area (Å²) < 4.78 is 1.94. The monoisotopic (exact) mass is 278 g/mol. The maximum Gasteiger partial charge on any atom is 0.154 e. The first-order chi connectivity index (χ1) is 9.19. The Morgan fingerprint density at radius 1 is 1.47 bits per heavy atom. The topological polar surface area (TPSA) is 33.4 Å². The smallest absolute Gasteiger partial charge is 0.154 e. The number of alkyl halides is 1. The minimum atomic E-state index is 0.432. The van der Waals surface area contributed by atoms with Crippen molar-refractivity contribution in [2.75, 3.05) is 23.9 Å². The molecule has 2 aromatic heterocycles. The van der Waals surface area contributed by atoms with Crippen LogP contribution in [-0.2, 0) is 0 Å². The number of hydrogen-bond acceptors (Lipinski definition) is 3. The molecule has 4 nitrogen and oxygen atoms in total. The second-order valence-corrected chi connectivity index (χ2v) is 5.87. The third kappa shape index (κ3) is 2.29. The van der Waals surface area contributed by atoms with Crippen LogP contribution in [0.15, 0.2) is 18.5 Å². The summed E-state index contributed by atoms with van der Waals surface area (Å²) in [5, 5.41) is 4.61. The summed E-state index contributed by atoms with van der Waals surface area (Å²) in [5.74, 6) is 2.78. The lowest BCUT2D eigenvalue weighted by Gasteiger charge is -2.17. The van der Waals surface area contributed by atoms with E-state index in [0.717, 1.165) is 42.4 Å². The summed E-state index contributed by atoms with van der Waals surface area (Å²) in [7, 11) is 0. The summed E-state index contributed by atoms with van der Waals surface area (Å²) in [6.45, 7) is 6.35. The van der Waals surface area contributed by atoms with Crippen LogP contribution in [0.5, 0.6) is 0 Å². The van der Waals surface area contributed by atoms with Gasteiger partial charge in [0.2, 0.25) is 0 Å². The molecule has 0 aromatic carbocycles. The van der Waals surface area contributed by atoms with E-state index in [1.54, 1.807) is 0 Å². The van der Waals surface area contributed by atoms with E-state index in [1.807, 2.05) is 16.9 Å². The molecule has 0 bridgehead atoms. The molecule has 3 rings (SSSR count). The first-order valence-electron chi connectivity index (χ1n) is 6.84. The van der Waals surface area contributed by atoms with Crippen LogP contribution in [-0.4, -0.2) is 33.6 Å². The lowest BCUT2D eigenvalue weighted by atomic mass is 10.1. The third-order valence-electron chi connectivity index (χ3n) is 3.78. The zero-order chi connectivity index (χ0) is 13.4. The molecule has 0 spiro atoms. The fourth-order valence-electron chi connectivity index (χ4n) is 2.60. The van der Waals surface area contributed by atoms with Gasteiger partial charge in [0, 0.05) is 31.4 Å². The number of aromatic nitrogens is 3. The third-order valence-corrected chi connectivity index (χ3v) is 4.22. The minimum Gasteiger partial charge on any atom is -0.354 e. The van der Waals surface area contributed by atoms with Gasteiger partial charge in [-0.2, -0.15) is 5.10 Å². The summed E-state index contributed by atoms with van der Waals surface area (Å²) in [4.78, 5) is 6.88. The molecule has 19 heavy (non-hydrogen) atoms. The number of anilines is 1. The molecule has 102 valence electrons. The minimum absolute atomic E-state index is 0.432. The van der Waals surface area contributed by atoms with Crippen molar-refractivity contribution in [3.63, 3.8) is 0 Å². The summed E-state index contributed by atoms with van der Waals surface area (Å²) in [6, 6.07) is 2.15. The van der Waals surface area contributed by atoms with E-state index in [-0.39, 0.29) is 0 Å². The zero-order valence-corrected chi connectivity index (χ0v) is 12.1. The van der Waals surface area contributed by atoms with Crippen molar-refractivity contribution in [3.05, 3.63) is 24.2 Å². The fourth-order valence-corrected chi connectivity index (χ4v) is 2.86. The molecule has 2 aromatic rings. The van der Waals surface area contributed by atoms with Crippen molar-refractivity contribution in [1.29, 1.82) is 0 Å². The van der Waals surface area contributed by atoms with E-state index < -0.39 is 0 Å². The predicted octanol–water partition coefficient (Wildman–Crippen LogP) is 2.92. The van der Waals surface area contributed by atoms with Crippen LogP contribution in [0.25, 0.3) is 5.52 Å². The highest BCUT2D eigenvalue weighted by atomic mass is 35.5. The van der Waals surface area contributed by atoms with Crippen LogP contribution in [0.2, 0.25) is 0 Å². The maximum absolute atomic E-state index is 5.96. The molecule has 0 saturated carbocycles. The van der Waals surface area contributed by atoms with Crippen molar-refractivity contribution >= 4 is 22.9 Å². The number of hydrogen-bond donors (Lipinski definition) is 0. The van der Waals surface area contributed by atoms with Gasteiger partial charge in [-0.3, -0.25) is 0 Å². The molecule has 3 heterocycles. The van der Waals surface area contributed by atoms with E-state index in [9.17, 15) is 0 Å². The Hall–Kier alpha value is -1.29. The molecule has 0 aliphatic carbocycles. The largest absolute Gasteiger partial charge is 0.354 e. The van der Waals surface area contributed by atoms with E-state index >= 15 is 0 Å². The number of fused-ring (bicyclic) bond motifs is 1. The number of rotatable bonds is 3. The average molecular weight is 279 g/mol. The molecule has 1 atom stereocenters. The van der Waals surface area contributed by atoms with Crippen LogP contribution in [0.4, 0.5) is 5.82 Å². The van der Waals surface area contributed by atoms with Gasteiger partial charge in [0.05, 0.1) is 5.69 Å². The Balaban J connectivity index is 1.99. The lowest BCUT2D eigenvalue weighted by molar-refractivity contribution is 0.666. The average Bonchev–Trinajstić information content (AvgIpc) is 3.04. The summed E-state index contributed by atoms with van der Waals surface area (Å²) in [6.07, 6.45) is 4.89. The first kappa shape index (κ1) is 12.7. The van der Waals surface area contributed by atoms with E-state index in [0.29, 0.717) is 11.8 Å². The summed E-state index contributed by atoms with van der Waals surface area (Å²) >= 11 is 5.96. The second kappa shape index (κ2) is 5.00. The van der Waals surface area contributed by atoms with Crippen LogP contribution in [0, 0.1) is 5.92 Å². The zero-order valence-electron chi connectivity index (χ0n) is 11.4. The van der Waals surface area contributed by atoms with Gasteiger partial charge in [-0.15, -0.1) is 11.6 Å². The molecule has 1 unspecified atom stereocenters. The van der Waals surface area contributed by atoms with Gasteiger partial charge in [-0.1, -0.05) is 13.8 Å². The van der Waals surface area contributed by atoms with Crippen molar-refractivity contribution in [2.24, 2.45) is 5.92 Å². The molecular formula is C14H19ClN4. The Kier molecular flexibility index (Phi) is 3.35. The predicted molar refractivity (Wildman–Crippen MR) is 78.1 cm³/mol. The van der Waals surface area contributed by atoms with Crippen molar-refractivity contribution in [1.82, 2.24) is 14.6 Å². The second-order valence-electron chi connectivity index (χ2n) is 5.56. The Bertz CT molecular complexity index is 578. The SMILES string of the molecule is CC(C)c1cc2c(N3CCC(CCl)C3)nccn2n1. The number of halogens is 1. The Labute approximate surface area is 118 Å². The first-order valence-corrected chi connectivity index (χ1v) is 7.37. The quantitative estimate of drug-likeness (QED) is 0.810. The highest BCUT2D eigenvalue weighted by molar-refractivity contribution is 6.18. The number of nitrogens with zero attached hydrogens (tertiary/aromatic N) is 4. The van der Waals surface area contributed by atoms with Gasteiger partial charge in [-0.25, -0.2) is 9.50 Å². The normalized spacial score (nSPS) is 19.8. The highest BCUT2D eigenvalue weighted by Gasteiger charge is 2.24. The van der Waals surface area contributed by atoms with Gasteiger partial charge in [0.15, 0.2) is 5.82 Å². The molecule has 0 radical (unpaired) electrons. The van der Waals surface area contributed by atoms with Crippen molar-refractivity contribution in [2.45, 2.75) is 26.2 Å². The molecular weight excluding hydrogens is 260 g/mol. The lowest BCUT2D eigenvalue weighted by Crippen LogP contribution is -2.21. The van der Waals surface area contributed by atoms with E-state index in [2.05, 4.69) is 34.9 Å². The highest BCUT2D eigenvalue weighted by Crippen LogP contribution is 2.27. The molecule has 1 fully saturated rings. The Morgan fingerprint density at radius 2 is 2.32 bits per heavy atom. The molecule has 1 saturated heterocycles. The van der Waals surface area contributed by atoms with Crippen LogP contribution < -0.4 is 4.90 Å². The molecule has 0 N–H and O–H groups in total. The van der Waals surface area contributed by atoms with Gasteiger partial charge in [0.25, 0.3) is 0 Å². The van der Waals surface area contributed by atoms with Crippen LogP contribution >= 0.6 is 11.6 Å². The van der Waals surface area contributed by atoms with E-state index in [4.69, 9.17) is 11.6 Å². The van der Waals surface area contributed by atoms with Crippen molar-refractivity contribution in [3.8, 4) is 0 Å². The van der Waals surface area contributed by atoms with E-state index in [1.165, 1.54) is 0 Å². The maximum atomic E-state index is 5.96. The molecule has 1 aliphatic heterocycles. The van der Waals surface area contributed by atoms with Crippen LogP contribution in [0.1, 0.15) is 31.9 Å². The standard InChI is InChI=1S/C14H19ClN4/c1-10(2)12-7-13-14(16-4-6-19(13)17-12)18-5-3-11(8-15)9-18/h4,6-7,10-11H,3,5,8-9H2,1-2H3. The molecule has 5 heteroatoms. The Morgan fingerprint density at radius 3 is 3.00 bits per heavy atom. The fraction of sp³-hybridized carbons (Fsp3) is 0.571. The molecule has 1 aliphatic rings. The summed E-state index contributed by atoms with van der Waals surface area (Å²) in [5.41, 5.74) is 2.21. The molecule has 0 amide bonds.